The van der Waals surface area contributed by atoms with Gasteiger partial charge in [-0.25, -0.2) is 8.42 Å². The molecule has 0 spiro atoms. The number of benzene rings is 2. The van der Waals surface area contributed by atoms with E-state index < -0.39 is 10.0 Å². The van der Waals surface area contributed by atoms with E-state index in [1.165, 1.54) is 10.6 Å². The molecule has 0 aliphatic heterocycles. The van der Waals surface area contributed by atoms with Crippen molar-refractivity contribution in [1.29, 1.82) is 0 Å². The predicted molar refractivity (Wildman–Crippen MR) is 109 cm³/mol. The largest absolute Gasteiger partial charge is 0.326 e. The summed E-state index contributed by atoms with van der Waals surface area (Å²) >= 11 is 1.61. The Labute approximate surface area is 159 Å². The first-order chi connectivity index (χ1) is 12.3. The lowest BCUT2D eigenvalue weighted by molar-refractivity contribution is -0.116. The average molecular weight is 393 g/mol. The molecule has 0 aliphatic carbocycles. The van der Waals surface area contributed by atoms with Crippen molar-refractivity contribution >= 4 is 39.1 Å². The average Bonchev–Trinajstić information content (AvgIpc) is 2.59. The lowest BCUT2D eigenvalue weighted by Crippen LogP contribution is -2.31. The fourth-order valence-electron chi connectivity index (χ4n) is 2.50. The maximum atomic E-state index is 12.1. The van der Waals surface area contributed by atoms with Gasteiger partial charge < -0.3 is 5.32 Å². The van der Waals surface area contributed by atoms with E-state index >= 15 is 0 Å². The van der Waals surface area contributed by atoms with Crippen LogP contribution in [0.25, 0.3) is 0 Å². The number of rotatable bonds is 8. The summed E-state index contributed by atoms with van der Waals surface area (Å²) < 4.78 is 25.5. The number of hydrogen-bond donors (Lipinski definition) is 1. The highest BCUT2D eigenvalue weighted by molar-refractivity contribution is 7.98. The highest BCUT2D eigenvalue weighted by atomic mass is 32.2. The number of carbonyl (C=O) groups excluding carboxylic acids is 1. The van der Waals surface area contributed by atoms with E-state index in [2.05, 4.69) is 5.32 Å². The Morgan fingerprint density at radius 1 is 1.15 bits per heavy atom. The van der Waals surface area contributed by atoms with Crippen LogP contribution in [0.3, 0.4) is 0 Å². The number of thioether (sulfide) groups is 1. The van der Waals surface area contributed by atoms with Gasteiger partial charge in [0.15, 0.2) is 0 Å². The number of sulfonamides is 1. The zero-order valence-electron chi connectivity index (χ0n) is 15.2. The molecular weight excluding hydrogens is 368 g/mol. The topological polar surface area (TPSA) is 66.5 Å². The Kier molecular flexibility index (Phi) is 7.11. The second-order valence-electron chi connectivity index (χ2n) is 6.05. The molecule has 1 N–H and O–H groups in total. The van der Waals surface area contributed by atoms with E-state index in [-0.39, 0.29) is 18.9 Å². The Bertz CT molecular complexity index is 849. The number of hydrogen-bond acceptors (Lipinski definition) is 4. The van der Waals surface area contributed by atoms with Gasteiger partial charge in [-0.3, -0.25) is 9.10 Å². The van der Waals surface area contributed by atoms with Gasteiger partial charge in [-0.1, -0.05) is 23.8 Å². The highest BCUT2D eigenvalue weighted by Gasteiger charge is 2.17. The van der Waals surface area contributed by atoms with Crippen LogP contribution < -0.4 is 9.62 Å². The van der Waals surface area contributed by atoms with Gasteiger partial charge in [0.25, 0.3) is 0 Å². The predicted octanol–water partition coefficient (Wildman–Crippen LogP) is 3.90. The molecule has 0 atom stereocenters. The molecule has 2 rings (SSSR count). The monoisotopic (exact) mass is 392 g/mol. The number of amides is 1. The summed E-state index contributed by atoms with van der Waals surface area (Å²) in [5.41, 5.74) is 2.43. The first kappa shape index (κ1) is 20.3. The van der Waals surface area contributed by atoms with E-state index in [4.69, 9.17) is 0 Å². The smallest absolute Gasteiger partial charge is 0.232 e. The van der Waals surface area contributed by atoms with Crippen molar-refractivity contribution in [2.24, 2.45) is 0 Å². The Morgan fingerprint density at radius 3 is 2.46 bits per heavy atom. The molecule has 26 heavy (non-hydrogen) atoms. The van der Waals surface area contributed by atoms with Crippen molar-refractivity contribution in [1.82, 2.24) is 0 Å². The molecule has 0 bridgehead atoms. The van der Waals surface area contributed by atoms with Gasteiger partial charge in [-0.05, 0) is 49.9 Å². The number of anilines is 2. The third-order valence-corrected chi connectivity index (χ3v) is 5.76. The second kappa shape index (κ2) is 9.09. The van der Waals surface area contributed by atoms with Crippen LogP contribution in [-0.2, 0) is 14.8 Å². The van der Waals surface area contributed by atoms with Crippen LogP contribution in [0.5, 0.6) is 0 Å². The van der Waals surface area contributed by atoms with Crippen molar-refractivity contribution in [3.8, 4) is 0 Å². The molecule has 2 aromatic carbocycles. The molecule has 140 valence electrons. The van der Waals surface area contributed by atoms with Crippen LogP contribution in [0.4, 0.5) is 11.4 Å². The van der Waals surface area contributed by atoms with Crippen molar-refractivity contribution in [2.75, 3.05) is 28.7 Å². The minimum absolute atomic E-state index is 0.124. The van der Waals surface area contributed by atoms with Gasteiger partial charge in [0.2, 0.25) is 15.9 Å². The zero-order chi connectivity index (χ0) is 19.2. The third-order valence-electron chi connectivity index (χ3n) is 3.84. The van der Waals surface area contributed by atoms with E-state index in [0.717, 1.165) is 16.1 Å². The Hall–Kier alpha value is -1.99. The summed E-state index contributed by atoms with van der Waals surface area (Å²) in [6, 6.07) is 14.9. The van der Waals surface area contributed by atoms with E-state index in [9.17, 15) is 13.2 Å². The first-order valence-corrected chi connectivity index (χ1v) is 11.3. The van der Waals surface area contributed by atoms with E-state index in [0.29, 0.717) is 12.1 Å². The van der Waals surface area contributed by atoms with Crippen molar-refractivity contribution < 1.29 is 13.2 Å². The highest BCUT2D eigenvalue weighted by Crippen LogP contribution is 2.20. The van der Waals surface area contributed by atoms with Crippen LogP contribution in [0, 0.1) is 6.92 Å². The maximum absolute atomic E-state index is 12.1. The summed E-state index contributed by atoms with van der Waals surface area (Å²) in [7, 11) is -3.40. The van der Waals surface area contributed by atoms with Crippen LogP contribution in [0.1, 0.15) is 18.4 Å². The number of aryl methyl sites for hydroxylation is 1. The van der Waals surface area contributed by atoms with Gasteiger partial charge in [0.05, 0.1) is 11.9 Å². The van der Waals surface area contributed by atoms with Crippen LogP contribution in [0.15, 0.2) is 53.4 Å². The Balaban J connectivity index is 1.94. The van der Waals surface area contributed by atoms with E-state index in [1.807, 2.05) is 49.6 Å². The third kappa shape index (κ3) is 6.07. The van der Waals surface area contributed by atoms with Gasteiger partial charge >= 0.3 is 0 Å². The quantitative estimate of drug-likeness (QED) is 0.692. The maximum Gasteiger partial charge on any atom is 0.232 e. The van der Waals surface area contributed by atoms with Gasteiger partial charge in [-0.2, -0.15) is 0 Å². The van der Waals surface area contributed by atoms with Crippen molar-refractivity contribution in [2.45, 2.75) is 24.7 Å². The lowest BCUT2D eigenvalue weighted by Gasteiger charge is -2.22. The molecule has 5 nitrogen and oxygen atoms in total. The van der Waals surface area contributed by atoms with E-state index in [1.54, 1.807) is 23.9 Å². The molecule has 0 heterocycles. The molecule has 0 fully saturated rings. The number of nitrogens with zero attached hydrogens (tertiary/aromatic N) is 1. The van der Waals surface area contributed by atoms with Gasteiger partial charge in [0, 0.05) is 23.5 Å². The molecule has 7 heteroatoms. The minimum atomic E-state index is -3.40. The molecule has 0 aromatic heterocycles. The lowest BCUT2D eigenvalue weighted by atomic mass is 10.2. The molecular formula is C19H24N2O3S2. The zero-order valence-corrected chi connectivity index (χ0v) is 16.9. The normalized spacial score (nSPS) is 11.2. The summed E-state index contributed by atoms with van der Waals surface area (Å²) in [5, 5.41) is 2.86. The molecule has 0 radical (unpaired) electrons. The van der Waals surface area contributed by atoms with Crippen LogP contribution in [-0.4, -0.2) is 33.4 Å². The molecule has 0 saturated heterocycles. The fourth-order valence-corrected chi connectivity index (χ4v) is 3.93. The number of nitrogens with one attached hydrogen (secondary N) is 1. The molecule has 1 amide bonds. The van der Waals surface area contributed by atoms with Crippen molar-refractivity contribution in [3.05, 3.63) is 54.1 Å². The van der Waals surface area contributed by atoms with Crippen LogP contribution in [0.2, 0.25) is 0 Å². The second-order valence-corrected chi connectivity index (χ2v) is 8.84. The molecule has 0 unspecified atom stereocenters. The summed E-state index contributed by atoms with van der Waals surface area (Å²) in [4.78, 5) is 13.2. The fraction of sp³-hybridized carbons (Fsp3) is 0.316. The number of carbonyl (C=O) groups is 1. The Morgan fingerprint density at radius 2 is 1.85 bits per heavy atom. The van der Waals surface area contributed by atoms with Gasteiger partial charge in [-0.15, -0.1) is 11.8 Å². The summed E-state index contributed by atoms with van der Waals surface area (Å²) in [5.74, 6) is -0.124. The van der Waals surface area contributed by atoms with Crippen molar-refractivity contribution in [3.63, 3.8) is 0 Å². The minimum Gasteiger partial charge on any atom is -0.326 e. The molecule has 0 saturated carbocycles. The summed E-state index contributed by atoms with van der Waals surface area (Å²) in [6.07, 6.45) is 3.85. The molecule has 2 aromatic rings. The molecule has 0 aliphatic rings. The SMILES string of the molecule is CSc1cccc(NC(=O)CCCN(c2ccc(C)cc2)S(C)(=O)=O)c1. The van der Waals surface area contributed by atoms with Crippen LogP contribution >= 0.6 is 11.8 Å². The first-order valence-electron chi connectivity index (χ1n) is 8.28. The summed E-state index contributed by atoms with van der Waals surface area (Å²) in [6.45, 7) is 2.21. The van der Waals surface area contributed by atoms with Gasteiger partial charge in [0.1, 0.15) is 0 Å². The standard InChI is InChI=1S/C19H24N2O3S2/c1-15-9-11-17(12-10-15)21(26(3,23)24)13-5-8-19(22)20-16-6-4-7-18(14-16)25-2/h4,6-7,9-12,14H,5,8,13H2,1-3H3,(H,20,22).